The molecule has 1 saturated heterocycles. The van der Waals surface area contributed by atoms with Gasteiger partial charge in [-0.2, -0.15) is 13.2 Å². The average molecular weight is 668 g/mol. The highest BCUT2D eigenvalue weighted by Gasteiger charge is 2.39. The van der Waals surface area contributed by atoms with E-state index in [1.54, 1.807) is 30.4 Å². The Kier molecular flexibility index (Phi) is 10.9. The Bertz CT molecular complexity index is 1430. The van der Waals surface area contributed by atoms with E-state index in [-0.39, 0.29) is 42.8 Å². The maximum absolute atomic E-state index is 13.2. The summed E-state index contributed by atoms with van der Waals surface area (Å²) in [7, 11) is 0.130. The number of aryl methyl sites for hydroxylation is 1. The standard InChI is InChI=1S/C28H35Cl2F3N4O5S/c1-17-12-20(4-5-25(17)42-26-22-13-18(29)14-23(30)21(22)15-24(26)36(2)3)43(39,40)35-19-6-8-37(16-19)9-11-41-10-7-34-27(38)28(31,32)33/h4-5,12-14,19,24,26,35H,6-11,15-16H2,1-3H3,(H,34,38)/t19-,24-,26-/m0/s1. The number of ether oxygens (including phenoxy) is 2. The van der Waals surface area contributed by atoms with Crippen LogP contribution in [0.25, 0.3) is 0 Å². The summed E-state index contributed by atoms with van der Waals surface area (Å²) in [5.74, 6) is -1.44. The summed E-state index contributed by atoms with van der Waals surface area (Å²) in [5.41, 5.74) is 2.57. The SMILES string of the molecule is Cc1cc(S(=O)(=O)N[C@H]2CCN(CCOCCNC(=O)C(F)(F)F)C2)ccc1O[C@H]1c2cc(Cl)cc(Cl)c2C[C@@H]1N(C)C. The molecule has 0 bridgehead atoms. The van der Waals surface area contributed by atoms with E-state index in [1.807, 2.05) is 25.1 Å². The van der Waals surface area contributed by atoms with Crippen molar-refractivity contribution in [2.45, 2.75) is 49.0 Å². The first kappa shape index (κ1) is 33.8. The van der Waals surface area contributed by atoms with Crippen molar-refractivity contribution in [3.05, 3.63) is 57.1 Å². The van der Waals surface area contributed by atoms with Crippen LogP contribution in [0.15, 0.2) is 35.2 Å². The van der Waals surface area contributed by atoms with Crippen molar-refractivity contribution >= 4 is 39.1 Å². The molecule has 4 rings (SSSR count). The maximum Gasteiger partial charge on any atom is 0.471 e. The molecule has 0 aromatic heterocycles. The molecule has 43 heavy (non-hydrogen) atoms. The number of halogens is 5. The fourth-order valence-electron chi connectivity index (χ4n) is 5.32. The molecule has 0 spiro atoms. The average Bonchev–Trinajstić information content (AvgIpc) is 3.50. The van der Waals surface area contributed by atoms with Gasteiger partial charge in [-0.1, -0.05) is 23.2 Å². The van der Waals surface area contributed by atoms with E-state index in [1.165, 1.54) is 6.07 Å². The number of nitrogens with zero attached hydrogens (tertiary/aromatic N) is 2. The number of rotatable bonds is 12. The van der Waals surface area contributed by atoms with Gasteiger partial charge in [-0.15, -0.1) is 0 Å². The molecule has 1 amide bonds. The van der Waals surface area contributed by atoms with Crippen LogP contribution in [0.5, 0.6) is 5.75 Å². The first-order valence-corrected chi connectivity index (χ1v) is 16.0. The number of carbonyl (C=O) groups excluding carboxylic acids is 1. The second kappa shape index (κ2) is 13.9. The predicted molar refractivity (Wildman–Crippen MR) is 157 cm³/mol. The van der Waals surface area contributed by atoms with Crippen LogP contribution in [-0.2, 0) is 26.0 Å². The molecule has 0 unspecified atom stereocenters. The molecule has 238 valence electrons. The van der Waals surface area contributed by atoms with Crippen molar-refractivity contribution in [3.8, 4) is 5.75 Å². The Labute approximate surface area is 259 Å². The van der Waals surface area contributed by atoms with Crippen LogP contribution in [0, 0.1) is 6.92 Å². The minimum absolute atomic E-state index is 0.0152. The van der Waals surface area contributed by atoms with Crippen molar-refractivity contribution in [3.63, 3.8) is 0 Å². The van der Waals surface area contributed by atoms with Crippen LogP contribution in [0.4, 0.5) is 13.2 Å². The molecule has 1 fully saturated rings. The Morgan fingerprint density at radius 1 is 1.16 bits per heavy atom. The number of alkyl halides is 3. The fraction of sp³-hybridized carbons (Fsp3) is 0.536. The normalized spacial score (nSPS) is 20.9. The van der Waals surface area contributed by atoms with E-state index in [9.17, 15) is 26.4 Å². The van der Waals surface area contributed by atoms with Gasteiger partial charge in [0.15, 0.2) is 0 Å². The van der Waals surface area contributed by atoms with Crippen LogP contribution in [0.1, 0.15) is 29.2 Å². The quantitative estimate of drug-likeness (QED) is 0.331. The number of hydrogen-bond acceptors (Lipinski definition) is 7. The van der Waals surface area contributed by atoms with Gasteiger partial charge in [0.25, 0.3) is 0 Å². The third-order valence-electron chi connectivity index (χ3n) is 7.57. The third kappa shape index (κ3) is 8.53. The van der Waals surface area contributed by atoms with Gasteiger partial charge in [-0.3, -0.25) is 9.69 Å². The van der Waals surface area contributed by atoms with Gasteiger partial charge in [0.1, 0.15) is 11.9 Å². The number of fused-ring (bicyclic) bond motifs is 1. The Hall–Kier alpha value is -2.13. The number of nitrogens with one attached hydrogen (secondary N) is 2. The van der Waals surface area contributed by atoms with Gasteiger partial charge in [0, 0.05) is 41.3 Å². The van der Waals surface area contributed by atoms with E-state index >= 15 is 0 Å². The van der Waals surface area contributed by atoms with Crippen molar-refractivity contribution in [2.75, 3.05) is 53.5 Å². The lowest BCUT2D eigenvalue weighted by molar-refractivity contribution is -0.173. The highest BCUT2D eigenvalue weighted by molar-refractivity contribution is 7.89. The lowest BCUT2D eigenvalue weighted by Gasteiger charge is -2.28. The summed E-state index contributed by atoms with van der Waals surface area (Å²) in [5, 5.41) is 2.86. The molecule has 3 atom stereocenters. The van der Waals surface area contributed by atoms with Crippen LogP contribution in [-0.4, -0.2) is 95.9 Å². The van der Waals surface area contributed by atoms with Crippen LogP contribution >= 0.6 is 23.2 Å². The monoisotopic (exact) mass is 666 g/mol. The number of carbonyl (C=O) groups is 1. The fourth-order valence-corrected chi connectivity index (χ4v) is 7.25. The summed E-state index contributed by atoms with van der Waals surface area (Å²) in [6, 6.07) is 8.07. The second-order valence-electron chi connectivity index (χ2n) is 10.9. The molecule has 15 heteroatoms. The van der Waals surface area contributed by atoms with Gasteiger partial charge in [-0.05, 0) is 81.9 Å². The van der Waals surface area contributed by atoms with Crippen LogP contribution in [0.3, 0.4) is 0 Å². The summed E-state index contributed by atoms with van der Waals surface area (Å²) >= 11 is 12.8. The van der Waals surface area contributed by atoms with E-state index in [0.29, 0.717) is 53.8 Å². The van der Waals surface area contributed by atoms with Crippen LogP contribution < -0.4 is 14.8 Å². The zero-order chi connectivity index (χ0) is 31.5. The molecule has 2 aliphatic rings. The van der Waals surface area contributed by atoms with Gasteiger partial charge >= 0.3 is 12.1 Å². The lowest BCUT2D eigenvalue weighted by atomic mass is 10.1. The highest BCUT2D eigenvalue weighted by Crippen LogP contribution is 2.42. The molecule has 0 radical (unpaired) electrons. The Balaban J connectivity index is 1.30. The lowest BCUT2D eigenvalue weighted by Crippen LogP contribution is -2.39. The molecule has 9 nitrogen and oxygen atoms in total. The molecule has 2 aromatic carbocycles. The molecular formula is C28H35Cl2F3N4O5S. The zero-order valence-electron chi connectivity index (χ0n) is 24.0. The summed E-state index contributed by atoms with van der Waals surface area (Å²) in [6.07, 6.45) is -3.97. The van der Waals surface area contributed by atoms with E-state index < -0.39 is 22.1 Å². The van der Waals surface area contributed by atoms with Crippen molar-refractivity contribution in [1.82, 2.24) is 19.8 Å². The number of likely N-dealkylation sites (N-methyl/N-ethyl adjacent to an activating group) is 1. The van der Waals surface area contributed by atoms with Crippen molar-refractivity contribution < 1.29 is 35.9 Å². The van der Waals surface area contributed by atoms with Crippen molar-refractivity contribution in [2.24, 2.45) is 0 Å². The first-order valence-electron chi connectivity index (χ1n) is 13.7. The number of hydrogen-bond donors (Lipinski definition) is 2. The number of likely N-dealkylation sites (tertiary alicyclic amines) is 1. The highest BCUT2D eigenvalue weighted by atomic mass is 35.5. The van der Waals surface area contributed by atoms with Gasteiger partial charge in [0.05, 0.1) is 24.2 Å². The Morgan fingerprint density at radius 2 is 1.91 bits per heavy atom. The molecule has 1 aliphatic heterocycles. The molecule has 2 N–H and O–H groups in total. The minimum Gasteiger partial charge on any atom is -0.484 e. The van der Waals surface area contributed by atoms with Crippen LogP contribution in [0.2, 0.25) is 10.0 Å². The smallest absolute Gasteiger partial charge is 0.471 e. The molecule has 2 aromatic rings. The van der Waals surface area contributed by atoms with E-state index in [4.69, 9.17) is 32.7 Å². The van der Waals surface area contributed by atoms with Crippen molar-refractivity contribution in [1.29, 1.82) is 0 Å². The van der Waals surface area contributed by atoms with Gasteiger partial charge in [-0.25, -0.2) is 13.1 Å². The zero-order valence-corrected chi connectivity index (χ0v) is 26.3. The first-order chi connectivity index (χ1) is 20.2. The molecule has 0 saturated carbocycles. The predicted octanol–water partition coefficient (Wildman–Crippen LogP) is 3.96. The molecule has 1 heterocycles. The number of amides is 1. The largest absolute Gasteiger partial charge is 0.484 e. The molecule has 1 aliphatic carbocycles. The van der Waals surface area contributed by atoms with E-state index in [2.05, 4.69) is 9.62 Å². The minimum atomic E-state index is -4.92. The van der Waals surface area contributed by atoms with Gasteiger partial charge in [0.2, 0.25) is 10.0 Å². The number of sulfonamides is 1. The van der Waals surface area contributed by atoms with E-state index in [0.717, 1.165) is 11.1 Å². The number of benzene rings is 2. The Morgan fingerprint density at radius 3 is 2.58 bits per heavy atom. The summed E-state index contributed by atoms with van der Waals surface area (Å²) in [6.45, 7) is 3.30. The maximum atomic E-state index is 13.2. The molecular weight excluding hydrogens is 632 g/mol. The second-order valence-corrected chi connectivity index (χ2v) is 13.5. The topological polar surface area (TPSA) is 100 Å². The summed E-state index contributed by atoms with van der Waals surface area (Å²) < 4.78 is 77.5. The van der Waals surface area contributed by atoms with Gasteiger partial charge < -0.3 is 19.7 Å². The summed E-state index contributed by atoms with van der Waals surface area (Å²) in [4.78, 5) is 15.0. The third-order valence-corrected chi connectivity index (χ3v) is 9.65.